The standard InChI is InChI=1S/C20H24O4/c1-20(2,3)15-9-11-16(12-10-15)24-18(19(21)22)13-14-7-5-6-8-17(14)23-4/h5-12,18H,13H2,1-4H3,(H,21,22)/t18-/m0/s1. The molecule has 0 amide bonds. The second-order valence-corrected chi connectivity index (χ2v) is 6.74. The predicted octanol–water partition coefficient (Wildman–Crippen LogP) is 4.07. The second kappa shape index (κ2) is 7.39. The fraction of sp³-hybridized carbons (Fsp3) is 0.350. The van der Waals surface area contributed by atoms with Gasteiger partial charge in [-0.25, -0.2) is 4.79 Å². The fourth-order valence-electron chi connectivity index (χ4n) is 2.45. The van der Waals surface area contributed by atoms with Crippen LogP contribution in [0.5, 0.6) is 11.5 Å². The first-order chi connectivity index (χ1) is 11.3. The normalized spacial score (nSPS) is 12.5. The molecule has 2 aromatic rings. The van der Waals surface area contributed by atoms with Gasteiger partial charge < -0.3 is 14.6 Å². The number of para-hydroxylation sites is 1. The summed E-state index contributed by atoms with van der Waals surface area (Å²) in [6.45, 7) is 6.39. The zero-order valence-corrected chi connectivity index (χ0v) is 14.6. The largest absolute Gasteiger partial charge is 0.496 e. The molecule has 128 valence electrons. The van der Waals surface area contributed by atoms with E-state index >= 15 is 0 Å². The predicted molar refractivity (Wildman–Crippen MR) is 93.9 cm³/mol. The summed E-state index contributed by atoms with van der Waals surface area (Å²) in [6.07, 6.45) is -0.734. The summed E-state index contributed by atoms with van der Waals surface area (Å²) in [5.41, 5.74) is 2.02. The summed E-state index contributed by atoms with van der Waals surface area (Å²) in [5, 5.41) is 9.48. The van der Waals surface area contributed by atoms with E-state index in [0.29, 0.717) is 11.5 Å². The molecule has 0 fully saturated rings. The Bertz CT molecular complexity index is 684. The van der Waals surface area contributed by atoms with Crippen LogP contribution in [-0.4, -0.2) is 24.3 Å². The molecule has 0 spiro atoms. The molecule has 0 radical (unpaired) electrons. The number of carbonyl (C=O) groups is 1. The molecule has 1 atom stereocenters. The fourth-order valence-corrected chi connectivity index (χ4v) is 2.45. The first-order valence-corrected chi connectivity index (χ1v) is 7.93. The highest BCUT2D eigenvalue weighted by Gasteiger charge is 2.22. The van der Waals surface area contributed by atoms with Crippen LogP contribution in [0.25, 0.3) is 0 Å². The first kappa shape index (κ1) is 17.9. The summed E-state index contributed by atoms with van der Waals surface area (Å²) in [6, 6.07) is 14.9. The summed E-state index contributed by atoms with van der Waals surface area (Å²) in [7, 11) is 1.57. The highest BCUT2D eigenvalue weighted by Crippen LogP contribution is 2.26. The molecule has 1 N–H and O–H groups in total. The number of hydrogen-bond acceptors (Lipinski definition) is 3. The summed E-state index contributed by atoms with van der Waals surface area (Å²) in [5.74, 6) is 0.210. The van der Waals surface area contributed by atoms with Crippen molar-refractivity contribution in [1.82, 2.24) is 0 Å². The van der Waals surface area contributed by atoms with Crippen molar-refractivity contribution in [3.05, 3.63) is 59.7 Å². The molecule has 0 aliphatic rings. The van der Waals surface area contributed by atoms with Gasteiger partial charge in [0.15, 0.2) is 6.10 Å². The molecule has 0 saturated carbocycles. The molecular formula is C20H24O4. The number of hydrogen-bond donors (Lipinski definition) is 1. The van der Waals surface area contributed by atoms with Crippen molar-refractivity contribution in [3.8, 4) is 11.5 Å². The summed E-state index contributed by atoms with van der Waals surface area (Å²) >= 11 is 0. The minimum absolute atomic E-state index is 0.0438. The zero-order chi connectivity index (χ0) is 17.7. The third-order valence-electron chi connectivity index (χ3n) is 3.87. The highest BCUT2D eigenvalue weighted by molar-refractivity contribution is 5.73. The van der Waals surface area contributed by atoms with E-state index in [2.05, 4.69) is 20.8 Å². The molecule has 0 bridgehead atoms. The van der Waals surface area contributed by atoms with E-state index in [4.69, 9.17) is 9.47 Å². The van der Waals surface area contributed by atoms with Gasteiger partial charge in [-0.05, 0) is 34.7 Å². The maximum Gasteiger partial charge on any atom is 0.345 e. The molecule has 0 aromatic heterocycles. The minimum Gasteiger partial charge on any atom is -0.496 e. The van der Waals surface area contributed by atoms with Gasteiger partial charge in [0, 0.05) is 6.42 Å². The van der Waals surface area contributed by atoms with Crippen molar-refractivity contribution < 1.29 is 19.4 Å². The Balaban J connectivity index is 2.16. The smallest absolute Gasteiger partial charge is 0.345 e. The van der Waals surface area contributed by atoms with E-state index in [1.54, 1.807) is 7.11 Å². The Morgan fingerprint density at radius 1 is 1.08 bits per heavy atom. The van der Waals surface area contributed by atoms with Gasteiger partial charge in [-0.3, -0.25) is 0 Å². The zero-order valence-electron chi connectivity index (χ0n) is 14.6. The van der Waals surface area contributed by atoms with E-state index in [0.717, 1.165) is 5.56 Å². The van der Waals surface area contributed by atoms with Crippen LogP contribution in [-0.2, 0) is 16.6 Å². The lowest BCUT2D eigenvalue weighted by molar-refractivity contribution is -0.145. The van der Waals surface area contributed by atoms with Crippen LogP contribution in [0.3, 0.4) is 0 Å². The Hall–Kier alpha value is -2.49. The number of ether oxygens (including phenoxy) is 2. The second-order valence-electron chi connectivity index (χ2n) is 6.74. The molecule has 4 nitrogen and oxygen atoms in total. The molecule has 2 aromatic carbocycles. The molecule has 0 aliphatic heterocycles. The van der Waals surface area contributed by atoms with Gasteiger partial charge >= 0.3 is 5.97 Å². The van der Waals surface area contributed by atoms with Gasteiger partial charge in [0.05, 0.1) is 7.11 Å². The topological polar surface area (TPSA) is 55.8 Å². The summed E-state index contributed by atoms with van der Waals surface area (Å²) in [4.78, 5) is 11.6. The van der Waals surface area contributed by atoms with Gasteiger partial charge in [-0.15, -0.1) is 0 Å². The molecule has 0 saturated heterocycles. The van der Waals surface area contributed by atoms with Crippen molar-refractivity contribution >= 4 is 5.97 Å². The van der Waals surface area contributed by atoms with Gasteiger partial charge in [0.2, 0.25) is 0 Å². The van der Waals surface area contributed by atoms with Gasteiger partial charge in [0.25, 0.3) is 0 Å². The molecule has 0 aliphatic carbocycles. The van der Waals surface area contributed by atoms with Crippen LogP contribution in [0.15, 0.2) is 48.5 Å². The van der Waals surface area contributed by atoms with Crippen LogP contribution in [0.2, 0.25) is 0 Å². The first-order valence-electron chi connectivity index (χ1n) is 7.93. The van der Waals surface area contributed by atoms with E-state index in [1.165, 1.54) is 5.56 Å². The van der Waals surface area contributed by atoms with Crippen LogP contribution in [0.1, 0.15) is 31.9 Å². The SMILES string of the molecule is COc1ccccc1C[C@H](Oc1ccc(C(C)(C)C)cc1)C(=O)O. The number of rotatable bonds is 6. The Morgan fingerprint density at radius 3 is 2.25 bits per heavy atom. The Labute approximate surface area is 143 Å². The number of methoxy groups -OCH3 is 1. The van der Waals surface area contributed by atoms with Gasteiger partial charge in [0.1, 0.15) is 11.5 Å². The average molecular weight is 328 g/mol. The lowest BCUT2D eigenvalue weighted by Crippen LogP contribution is -2.29. The lowest BCUT2D eigenvalue weighted by atomic mass is 9.87. The third kappa shape index (κ3) is 4.51. The van der Waals surface area contributed by atoms with Crippen molar-refractivity contribution in [2.75, 3.05) is 7.11 Å². The molecule has 0 heterocycles. The minimum atomic E-state index is -0.999. The third-order valence-corrected chi connectivity index (χ3v) is 3.87. The summed E-state index contributed by atoms with van der Waals surface area (Å²) < 4.78 is 11.0. The Kier molecular flexibility index (Phi) is 5.50. The molecule has 24 heavy (non-hydrogen) atoms. The van der Waals surface area contributed by atoms with E-state index in [1.807, 2.05) is 48.5 Å². The van der Waals surface area contributed by atoms with Crippen LogP contribution in [0.4, 0.5) is 0 Å². The maximum absolute atomic E-state index is 11.6. The van der Waals surface area contributed by atoms with Crippen molar-refractivity contribution in [2.24, 2.45) is 0 Å². The monoisotopic (exact) mass is 328 g/mol. The van der Waals surface area contributed by atoms with E-state index in [9.17, 15) is 9.90 Å². The van der Waals surface area contributed by atoms with Crippen molar-refractivity contribution in [1.29, 1.82) is 0 Å². The van der Waals surface area contributed by atoms with Crippen molar-refractivity contribution in [2.45, 2.75) is 38.7 Å². The van der Waals surface area contributed by atoms with Crippen LogP contribution >= 0.6 is 0 Å². The Morgan fingerprint density at radius 2 is 1.71 bits per heavy atom. The van der Waals surface area contributed by atoms with E-state index in [-0.39, 0.29) is 11.8 Å². The highest BCUT2D eigenvalue weighted by atomic mass is 16.5. The quantitative estimate of drug-likeness (QED) is 0.868. The molecular weight excluding hydrogens is 304 g/mol. The van der Waals surface area contributed by atoms with Gasteiger partial charge in [-0.2, -0.15) is 0 Å². The molecule has 0 unspecified atom stereocenters. The van der Waals surface area contributed by atoms with Crippen LogP contribution in [0, 0.1) is 0 Å². The van der Waals surface area contributed by atoms with Gasteiger partial charge in [-0.1, -0.05) is 51.1 Å². The van der Waals surface area contributed by atoms with E-state index < -0.39 is 12.1 Å². The molecule has 4 heteroatoms. The average Bonchev–Trinajstić information content (AvgIpc) is 2.54. The van der Waals surface area contributed by atoms with Crippen molar-refractivity contribution in [3.63, 3.8) is 0 Å². The number of aliphatic carboxylic acids is 1. The number of carboxylic acids is 1. The number of benzene rings is 2. The van der Waals surface area contributed by atoms with Crippen LogP contribution < -0.4 is 9.47 Å². The lowest BCUT2D eigenvalue weighted by Gasteiger charge is -2.20. The molecule has 2 rings (SSSR count). The number of carboxylic acid groups (broad SMARTS) is 1. The maximum atomic E-state index is 11.6.